The van der Waals surface area contributed by atoms with Crippen LogP contribution in [-0.4, -0.2) is 50.7 Å². The number of hydrogen-bond donors (Lipinski definition) is 1. The standard InChI is InChI=1S/C15H26N4/c1-12-7-14(8-16-2)9-17-15(12)19(4)11-13-5-6-18(3)10-13/h7,9,13,16H,5-6,8,10-11H2,1-4H3. The van der Waals surface area contributed by atoms with Crippen molar-refractivity contribution in [1.82, 2.24) is 15.2 Å². The molecule has 1 aliphatic rings. The Hall–Kier alpha value is -1.13. The van der Waals surface area contributed by atoms with Gasteiger partial charge in [0.05, 0.1) is 0 Å². The van der Waals surface area contributed by atoms with E-state index < -0.39 is 0 Å². The molecule has 19 heavy (non-hydrogen) atoms. The summed E-state index contributed by atoms with van der Waals surface area (Å²) in [6.45, 7) is 6.57. The molecule has 0 aromatic carbocycles. The molecule has 1 fully saturated rings. The second-order valence-electron chi connectivity index (χ2n) is 5.81. The molecule has 1 saturated heterocycles. The first kappa shape index (κ1) is 14.3. The zero-order valence-electron chi connectivity index (χ0n) is 12.6. The first-order chi connectivity index (χ1) is 9.10. The Kier molecular flexibility index (Phi) is 4.77. The Morgan fingerprint density at radius 2 is 2.32 bits per heavy atom. The van der Waals surface area contributed by atoms with Gasteiger partial charge in [-0.3, -0.25) is 0 Å². The fourth-order valence-corrected chi connectivity index (χ4v) is 2.98. The number of nitrogens with one attached hydrogen (secondary N) is 1. The summed E-state index contributed by atoms with van der Waals surface area (Å²) < 4.78 is 0. The molecule has 1 aliphatic heterocycles. The number of anilines is 1. The van der Waals surface area contributed by atoms with Crippen molar-refractivity contribution in [3.8, 4) is 0 Å². The summed E-state index contributed by atoms with van der Waals surface area (Å²) in [5, 5.41) is 3.16. The summed E-state index contributed by atoms with van der Waals surface area (Å²) in [7, 11) is 6.33. The number of hydrogen-bond acceptors (Lipinski definition) is 4. The van der Waals surface area contributed by atoms with E-state index in [1.54, 1.807) is 0 Å². The first-order valence-corrected chi connectivity index (χ1v) is 7.10. The monoisotopic (exact) mass is 262 g/mol. The highest BCUT2D eigenvalue weighted by Crippen LogP contribution is 2.21. The lowest BCUT2D eigenvalue weighted by Gasteiger charge is -2.24. The number of pyridine rings is 1. The van der Waals surface area contributed by atoms with Crippen LogP contribution in [0.1, 0.15) is 17.5 Å². The van der Waals surface area contributed by atoms with E-state index in [1.807, 2.05) is 13.2 Å². The van der Waals surface area contributed by atoms with Crippen LogP contribution >= 0.6 is 0 Å². The molecule has 0 bridgehead atoms. The number of nitrogens with zero attached hydrogens (tertiary/aromatic N) is 3. The van der Waals surface area contributed by atoms with Gasteiger partial charge in [-0.25, -0.2) is 4.98 Å². The van der Waals surface area contributed by atoms with Crippen LogP contribution in [0.5, 0.6) is 0 Å². The Labute approximate surface area is 116 Å². The zero-order chi connectivity index (χ0) is 13.8. The van der Waals surface area contributed by atoms with Crippen molar-refractivity contribution in [2.45, 2.75) is 19.9 Å². The largest absolute Gasteiger partial charge is 0.359 e. The van der Waals surface area contributed by atoms with Crippen molar-refractivity contribution >= 4 is 5.82 Å². The Balaban J connectivity index is 2.00. The summed E-state index contributed by atoms with van der Waals surface area (Å²) in [4.78, 5) is 9.35. The molecule has 0 radical (unpaired) electrons. The lowest BCUT2D eigenvalue weighted by molar-refractivity contribution is 0.395. The highest BCUT2D eigenvalue weighted by molar-refractivity contribution is 5.46. The molecule has 106 valence electrons. The predicted octanol–water partition coefficient (Wildman–Crippen LogP) is 1.50. The SMILES string of the molecule is CNCc1cnc(N(C)CC2CCN(C)C2)c(C)c1. The van der Waals surface area contributed by atoms with Gasteiger partial charge in [-0.05, 0) is 57.1 Å². The average molecular weight is 262 g/mol. The zero-order valence-corrected chi connectivity index (χ0v) is 12.6. The minimum absolute atomic E-state index is 0.771. The molecule has 0 spiro atoms. The Morgan fingerprint density at radius 3 is 2.89 bits per heavy atom. The van der Waals surface area contributed by atoms with Crippen LogP contribution in [0.15, 0.2) is 12.3 Å². The van der Waals surface area contributed by atoms with Crippen molar-refractivity contribution in [2.24, 2.45) is 5.92 Å². The van der Waals surface area contributed by atoms with Crippen LogP contribution in [0.3, 0.4) is 0 Å². The van der Waals surface area contributed by atoms with Crippen molar-refractivity contribution in [2.75, 3.05) is 45.7 Å². The van der Waals surface area contributed by atoms with Crippen LogP contribution in [0.2, 0.25) is 0 Å². The van der Waals surface area contributed by atoms with Crippen LogP contribution in [0, 0.1) is 12.8 Å². The van der Waals surface area contributed by atoms with E-state index in [0.29, 0.717) is 0 Å². The lowest BCUT2D eigenvalue weighted by atomic mass is 10.1. The second-order valence-corrected chi connectivity index (χ2v) is 5.81. The summed E-state index contributed by atoms with van der Waals surface area (Å²) in [6, 6.07) is 2.23. The van der Waals surface area contributed by atoms with Gasteiger partial charge >= 0.3 is 0 Å². The van der Waals surface area contributed by atoms with Gasteiger partial charge in [0.2, 0.25) is 0 Å². The van der Waals surface area contributed by atoms with Crippen LogP contribution in [-0.2, 0) is 6.54 Å². The number of aromatic nitrogens is 1. The lowest BCUT2D eigenvalue weighted by Crippen LogP contribution is -2.28. The molecule has 0 saturated carbocycles. The predicted molar refractivity (Wildman–Crippen MR) is 80.6 cm³/mol. The molecule has 1 N–H and O–H groups in total. The summed E-state index contributed by atoms with van der Waals surface area (Å²) >= 11 is 0. The maximum atomic E-state index is 4.63. The Morgan fingerprint density at radius 1 is 1.53 bits per heavy atom. The Bertz CT molecular complexity index is 419. The van der Waals surface area contributed by atoms with Gasteiger partial charge in [-0.15, -0.1) is 0 Å². The molecule has 1 atom stereocenters. The molecular weight excluding hydrogens is 236 g/mol. The maximum Gasteiger partial charge on any atom is 0.131 e. The van der Waals surface area contributed by atoms with Gasteiger partial charge in [0.15, 0.2) is 0 Å². The molecule has 4 nitrogen and oxygen atoms in total. The highest BCUT2D eigenvalue weighted by atomic mass is 15.2. The highest BCUT2D eigenvalue weighted by Gasteiger charge is 2.21. The number of rotatable bonds is 5. The molecule has 0 aliphatic carbocycles. The van der Waals surface area contributed by atoms with Gasteiger partial charge in [0, 0.05) is 32.9 Å². The van der Waals surface area contributed by atoms with Crippen molar-refractivity contribution in [3.05, 3.63) is 23.4 Å². The van der Waals surface area contributed by atoms with E-state index in [2.05, 4.69) is 47.2 Å². The molecule has 0 amide bonds. The van der Waals surface area contributed by atoms with Gasteiger partial charge in [0.1, 0.15) is 5.82 Å². The van der Waals surface area contributed by atoms with E-state index in [4.69, 9.17) is 0 Å². The molecule has 2 rings (SSSR count). The third-order valence-electron chi connectivity index (χ3n) is 3.87. The summed E-state index contributed by atoms with van der Waals surface area (Å²) in [6.07, 6.45) is 3.29. The van der Waals surface area contributed by atoms with E-state index in [9.17, 15) is 0 Å². The van der Waals surface area contributed by atoms with Crippen molar-refractivity contribution in [1.29, 1.82) is 0 Å². The van der Waals surface area contributed by atoms with Gasteiger partial charge < -0.3 is 15.1 Å². The minimum atomic E-state index is 0.771. The quantitative estimate of drug-likeness (QED) is 0.871. The van der Waals surface area contributed by atoms with Crippen molar-refractivity contribution in [3.63, 3.8) is 0 Å². The second kappa shape index (κ2) is 6.35. The topological polar surface area (TPSA) is 31.4 Å². The fraction of sp³-hybridized carbons (Fsp3) is 0.667. The van der Waals surface area contributed by atoms with Gasteiger partial charge in [-0.1, -0.05) is 0 Å². The molecule has 1 aromatic heterocycles. The van der Waals surface area contributed by atoms with E-state index in [-0.39, 0.29) is 0 Å². The van der Waals surface area contributed by atoms with Crippen LogP contribution in [0.4, 0.5) is 5.82 Å². The molecule has 1 unspecified atom stereocenters. The van der Waals surface area contributed by atoms with E-state index in [1.165, 1.54) is 30.6 Å². The van der Waals surface area contributed by atoms with E-state index >= 15 is 0 Å². The maximum absolute atomic E-state index is 4.63. The fourth-order valence-electron chi connectivity index (χ4n) is 2.98. The molecule has 2 heterocycles. The first-order valence-electron chi connectivity index (χ1n) is 7.10. The summed E-state index contributed by atoms with van der Waals surface area (Å²) in [5.74, 6) is 1.89. The third kappa shape index (κ3) is 3.67. The summed E-state index contributed by atoms with van der Waals surface area (Å²) in [5.41, 5.74) is 2.51. The smallest absolute Gasteiger partial charge is 0.131 e. The molecule has 4 heteroatoms. The third-order valence-corrected chi connectivity index (χ3v) is 3.87. The average Bonchev–Trinajstić information content (AvgIpc) is 2.75. The van der Waals surface area contributed by atoms with Crippen LogP contribution < -0.4 is 10.2 Å². The molecule has 1 aromatic rings. The number of likely N-dealkylation sites (tertiary alicyclic amines) is 1. The number of aryl methyl sites for hydroxylation is 1. The van der Waals surface area contributed by atoms with Gasteiger partial charge in [0.25, 0.3) is 0 Å². The van der Waals surface area contributed by atoms with E-state index in [0.717, 1.165) is 24.8 Å². The normalized spacial score (nSPS) is 19.9. The molecular formula is C15H26N4. The van der Waals surface area contributed by atoms with Crippen molar-refractivity contribution < 1.29 is 0 Å². The van der Waals surface area contributed by atoms with Gasteiger partial charge in [-0.2, -0.15) is 0 Å². The van der Waals surface area contributed by atoms with Crippen LogP contribution in [0.25, 0.3) is 0 Å². The minimum Gasteiger partial charge on any atom is -0.359 e.